The fraction of sp³-hybridized carbons (Fsp3) is 0.500. The molecule has 0 fully saturated rings. The highest BCUT2D eigenvalue weighted by Crippen LogP contribution is 2.33. The van der Waals surface area contributed by atoms with Crippen LogP contribution in [0, 0.1) is 0 Å². The van der Waals surface area contributed by atoms with E-state index in [0.29, 0.717) is 12.2 Å². The topological polar surface area (TPSA) is 72.6 Å². The number of aromatic hydroxyl groups is 1. The monoisotopic (exact) mass is 251 g/mol. The maximum atomic E-state index is 11.1. The van der Waals surface area contributed by atoms with Gasteiger partial charge in [0.25, 0.3) is 5.91 Å². The molecule has 0 bridgehead atoms. The number of phenolic OH excluding ortho intramolecular Hbond substituents is 1. The van der Waals surface area contributed by atoms with Crippen LogP contribution < -0.4 is 10.5 Å². The van der Waals surface area contributed by atoms with E-state index in [0.717, 1.165) is 5.56 Å². The number of benzene rings is 1. The number of phenols is 1. The van der Waals surface area contributed by atoms with Crippen LogP contribution in [0.2, 0.25) is 0 Å². The van der Waals surface area contributed by atoms with Crippen molar-refractivity contribution in [3.8, 4) is 11.5 Å². The normalized spacial score (nSPS) is 13.1. The van der Waals surface area contributed by atoms with Crippen molar-refractivity contribution < 1.29 is 14.6 Å². The van der Waals surface area contributed by atoms with Gasteiger partial charge in [0, 0.05) is 5.56 Å². The number of amides is 1. The van der Waals surface area contributed by atoms with E-state index in [1.165, 1.54) is 0 Å². The largest absolute Gasteiger partial charge is 0.508 e. The molecule has 0 spiro atoms. The van der Waals surface area contributed by atoms with Crippen molar-refractivity contribution in [2.75, 3.05) is 0 Å². The van der Waals surface area contributed by atoms with Gasteiger partial charge in [0.05, 0.1) is 0 Å². The zero-order valence-corrected chi connectivity index (χ0v) is 11.4. The van der Waals surface area contributed by atoms with Crippen molar-refractivity contribution in [3.63, 3.8) is 0 Å². The first-order valence-electron chi connectivity index (χ1n) is 6.05. The maximum Gasteiger partial charge on any atom is 0.258 e. The first kappa shape index (κ1) is 14.4. The lowest BCUT2D eigenvalue weighted by Crippen LogP contribution is -2.33. The molecule has 1 rings (SSSR count). The van der Waals surface area contributed by atoms with Gasteiger partial charge in [-0.1, -0.05) is 27.7 Å². The number of carbonyl (C=O) groups is 1. The van der Waals surface area contributed by atoms with Crippen LogP contribution in [0.1, 0.15) is 39.7 Å². The molecule has 1 aromatic carbocycles. The van der Waals surface area contributed by atoms with Gasteiger partial charge in [-0.15, -0.1) is 0 Å². The summed E-state index contributed by atoms with van der Waals surface area (Å²) in [5, 5.41) is 9.82. The molecule has 0 radical (unpaired) electrons. The van der Waals surface area contributed by atoms with E-state index in [2.05, 4.69) is 0 Å². The first-order valence-corrected chi connectivity index (χ1v) is 6.05. The Morgan fingerprint density at radius 3 is 2.50 bits per heavy atom. The Hall–Kier alpha value is -1.71. The summed E-state index contributed by atoms with van der Waals surface area (Å²) in [5.74, 6) is 0.285. The van der Waals surface area contributed by atoms with Crippen LogP contribution in [0.3, 0.4) is 0 Å². The molecule has 0 aliphatic carbocycles. The second-order valence-electron chi connectivity index (χ2n) is 5.35. The lowest BCUT2D eigenvalue weighted by atomic mass is 9.86. The highest BCUT2D eigenvalue weighted by molar-refractivity contribution is 5.79. The van der Waals surface area contributed by atoms with E-state index in [1.54, 1.807) is 18.2 Å². The quantitative estimate of drug-likeness (QED) is 0.862. The van der Waals surface area contributed by atoms with Gasteiger partial charge in [-0.25, -0.2) is 0 Å². The summed E-state index contributed by atoms with van der Waals surface area (Å²) >= 11 is 0. The van der Waals surface area contributed by atoms with Crippen LogP contribution in [0.25, 0.3) is 0 Å². The van der Waals surface area contributed by atoms with Crippen molar-refractivity contribution in [3.05, 3.63) is 23.8 Å². The molecule has 1 atom stereocenters. The number of rotatable bonds is 4. The molecule has 18 heavy (non-hydrogen) atoms. The Balaban J connectivity index is 3.02. The van der Waals surface area contributed by atoms with Crippen molar-refractivity contribution in [1.29, 1.82) is 0 Å². The van der Waals surface area contributed by atoms with Crippen molar-refractivity contribution in [2.45, 2.75) is 45.6 Å². The number of nitrogens with two attached hydrogens (primary N) is 1. The van der Waals surface area contributed by atoms with Gasteiger partial charge in [-0.2, -0.15) is 0 Å². The molecule has 1 unspecified atom stereocenters. The zero-order valence-electron chi connectivity index (χ0n) is 11.4. The summed E-state index contributed by atoms with van der Waals surface area (Å²) in [7, 11) is 0. The molecule has 1 aromatic rings. The van der Waals surface area contributed by atoms with Crippen molar-refractivity contribution in [1.82, 2.24) is 0 Å². The third-order valence-corrected chi connectivity index (χ3v) is 2.74. The van der Waals surface area contributed by atoms with Crippen LogP contribution in [0.5, 0.6) is 11.5 Å². The molecule has 4 heteroatoms. The number of ether oxygens (including phenoxy) is 1. The Morgan fingerprint density at radius 2 is 2.06 bits per heavy atom. The summed E-state index contributed by atoms with van der Waals surface area (Å²) in [5.41, 5.74) is 5.82. The Morgan fingerprint density at radius 1 is 1.44 bits per heavy atom. The van der Waals surface area contributed by atoms with Gasteiger partial charge in [0.1, 0.15) is 11.5 Å². The molecular formula is C14H21NO3. The van der Waals surface area contributed by atoms with Crippen LogP contribution in [-0.2, 0) is 10.2 Å². The molecule has 100 valence electrons. The zero-order chi connectivity index (χ0) is 13.9. The van der Waals surface area contributed by atoms with Crippen molar-refractivity contribution in [2.24, 2.45) is 5.73 Å². The third-order valence-electron chi connectivity index (χ3n) is 2.74. The Bertz CT molecular complexity index is 435. The van der Waals surface area contributed by atoms with Crippen LogP contribution in [0.15, 0.2) is 18.2 Å². The molecule has 0 aromatic heterocycles. The van der Waals surface area contributed by atoms with Gasteiger partial charge in [0.15, 0.2) is 6.10 Å². The van der Waals surface area contributed by atoms with Crippen LogP contribution in [-0.4, -0.2) is 17.1 Å². The van der Waals surface area contributed by atoms with Gasteiger partial charge in [-0.05, 0) is 30.0 Å². The average Bonchev–Trinajstić information content (AvgIpc) is 2.25. The second-order valence-corrected chi connectivity index (χ2v) is 5.35. The smallest absolute Gasteiger partial charge is 0.258 e. The van der Waals surface area contributed by atoms with E-state index in [9.17, 15) is 9.90 Å². The van der Waals surface area contributed by atoms with E-state index < -0.39 is 12.0 Å². The number of primary amides is 1. The minimum atomic E-state index is -0.637. The van der Waals surface area contributed by atoms with Gasteiger partial charge >= 0.3 is 0 Å². The number of hydrogen-bond donors (Lipinski definition) is 2. The SMILES string of the molecule is CCC(Oc1ccc(O)c(C(C)(C)C)c1)C(N)=O. The highest BCUT2D eigenvalue weighted by atomic mass is 16.5. The lowest BCUT2D eigenvalue weighted by Gasteiger charge is -2.22. The Labute approximate surface area is 108 Å². The molecule has 1 amide bonds. The summed E-state index contributed by atoms with van der Waals surface area (Å²) in [4.78, 5) is 11.1. The minimum absolute atomic E-state index is 0.197. The first-order chi connectivity index (χ1) is 8.25. The number of carbonyl (C=O) groups excluding carboxylic acids is 1. The highest BCUT2D eigenvalue weighted by Gasteiger charge is 2.20. The molecule has 3 N–H and O–H groups in total. The molecule has 0 aliphatic rings. The van der Waals surface area contributed by atoms with E-state index in [1.807, 2.05) is 27.7 Å². The molecule has 4 nitrogen and oxygen atoms in total. The molecular weight excluding hydrogens is 230 g/mol. The number of hydrogen-bond acceptors (Lipinski definition) is 3. The van der Waals surface area contributed by atoms with Crippen LogP contribution >= 0.6 is 0 Å². The predicted molar refractivity (Wildman–Crippen MR) is 70.7 cm³/mol. The molecule has 0 aliphatic heterocycles. The fourth-order valence-corrected chi connectivity index (χ4v) is 1.70. The van der Waals surface area contributed by atoms with E-state index in [4.69, 9.17) is 10.5 Å². The maximum absolute atomic E-state index is 11.1. The predicted octanol–water partition coefficient (Wildman–Crippen LogP) is 2.33. The lowest BCUT2D eigenvalue weighted by molar-refractivity contribution is -0.124. The minimum Gasteiger partial charge on any atom is -0.508 e. The van der Waals surface area contributed by atoms with Crippen molar-refractivity contribution >= 4 is 5.91 Å². The summed E-state index contributed by atoms with van der Waals surface area (Å²) < 4.78 is 5.53. The van der Waals surface area contributed by atoms with Crippen LogP contribution in [0.4, 0.5) is 0 Å². The van der Waals surface area contributed by atoms with E-state index in [-0.39, 0.29) is 11.2 Å². The third kappa shape index (κ3) is 3.39. The fourth-order valence-electron chi connectivity index (χ4n) is 1.70. The molecule has 0 saturated heterocycles. The van der Waals surface area contributed by atoms with Gasteiger partial charge in [-0.3, -0.25) is 4.79 Å². The Kier molecular flexibility index (Phi) is 4.22. The summed E-state index contributed by atoms with van der Waals surface area (Å²) in [6.45, 7) is 7.83. The van der Waals surface area contributed by atoms with E-state index >= 15 is 0 Å². The molecule has 0 saturated carbocycles. The van der Waals surface area contributed by atoms with Gasteiger partial charge < -0.3 is 15.6 Å². The summed E-state index contributed by atoms with van der Waals surface area (Å²) in [6.07, 6.45) is -0.122. The average molecular weight is 251 g/mol. The summed E-state index contributed by atoms with van der Waals surface area (Å²) in [6, 6.07) is 4.96. The standard InChI is InChI=1S/C14H21NO3/c1-5-12(13(15)17)18-9-6-7-11(16)10(8-9)14(2,3)4/h6-8,12,16H,5H2,1-4H3,(H2,15,17). The van der Waals surface area contributed by atoms with Gasteiger partial charge in [0.2, 0.25) is 0 Å². The second kappa shape index (κ2) is 5.29. The molecule has 0 heterocycles.